The molecule has 1 aromatic heterocycles. The standard InChI is InChI=1S/C25H28F3N5O2/c1-24(19-7-6-17-4-2-5-18(17)14-19)22(34)33(23(35)30-24)16-31-10-3-11-32(13-12-31)21-9-8-20(15-29-21)25(26,27)28/h6-9,14-15H,2-5,10-13,16H2,1H3,(H,30,35). The van der Waals surface area contributed by atoms with Crippen molar-refractivity contribution in [2.45, 2.75) is 44.3 Å². The highest BCUT2D eigenvalue weighted by Crippen LogP contribution is 2.33. The van der Waals surface area contributed by atoms with Crippen LogP contribution >= 0.6 is 0 Å². The van der Waals surface area contributed by atoms with Crippen molar-refractivity contribution in [3.8, 4) is 0 Å². The average Bonchev–Trinajstić information content (AvgIpc) is 3.28. The van der Waals surface area contributed by atoms with Gasteiger partial charge in [-0.05, 0) is 61.4 Å². The number of benzene rings is 1. The van der Waals surface area contributed by atoms with Gasteiger partial charge in [-0.25, -0.2) is 14.7 Å². The number of fused-ring (bicyclic) bond motifs is 1. The first-order valence-corrected chi connectivity index (χ1v) is 11.9. The van der Waals surface area contributed by atoms with Gasteiger partial charge in [0.15, 0.2) is 0 Å². The summed E-state index contributed by atoms with van der Waals surface area (Å²) < 4.78 is 38.5. The molecule has 2 fully saturated rings. The molecule has 3 heterocycles. The molecule has 7 nitrogen and oxygen atoms in total. The number of anilines is 1. The molecule has 1 aliphatic carbocycles. The Morgan fingerprint density at radius 3 is 2.54 bits per heavy atom. The third-order valence-corrected chi connectivity index (χ3v) is 7.28. The van der Waals surface area contributed by atoms with Crippen LogP contribution in [0.1, 0.15) is 42.0 Å². The van der Waals surface area contributed by atoms with Crippen LogP contribution in [-0.4, -0.2) is 59.6 Å². The summed E-state index contributed by atoms with van der Waals surface area (Å²) in [5.74, 6) is 0.213. The summed E-state index contributed by atoms with van der Waals surface area (Å²) in [5.41, 5.74) is 1.48. The quantitative estimate of drug-likeness (QED) is 0.669. The number of hydrogen-bond acceptors (Lipinski definition) is 5. The summed E-state index contributed by atoms with van der Waals surface area (Å²) in [4.78, 5) is 35.4. The molecule has 0 spiro atoms. The van der Waals surface area contributed by atoms with Crippen molar-refractivity contribution >= 4 is 17.8 Å². The first-order chi connectivity index (χ1) is 16.6. The topological polar surface area (TPSA) is 68.8 Å². The first-order valence-electron chi connectivity index (χ1n) is 11.9. The Balaban J connectivity index is 1.24. The zero-order valence-corrected chi connectivity index (χ0v) is 19.6. The third-order valence-electron chi connectivity index (χ3n) is 7.28. The van der Waals surface area contributed by atoms with Crippen LogP contribution in [0.4, 0.5) is 23.8 Å². The summed E-state index contributed by atoms with van der Waals surface area (Å²) in [6.45, 7) is 4.29. The molecule has 1 N–H and O–H groups in total. The Hall–Kier alpha value is -3.14. The number of imide groups is 1. The maximum atomic E-state index is 13.4. The van der Waals surface area contributed by atoms with Crippen LogP contribution in [0, 0.1) is 0 Å². The SMILES string of the molecule is CC1(c2ccc3c(c2)CCC3)NC(=O)N(CN2CCCN(c3ccc(C(F)(F)F)cn3)CC2)C1=O. The van der Waals surface area contributed by atoms with Gasteiger partial charge in [0.05, 0.1) is 12.2 Å². The van der Waals surface area contributed by atoms with E-state index >= 15 is 0 Å². The Bertz CT molecular complexity index is 1140. The van der Waals surface area contributed by atoms with Crippen LogP contribution in [0.3, 0.4) is 0 Å². The lowest BCUT2D eigenvalue weighted by Gasteiger charge is -2.27. The second kappa shape index (κ2) is 8.82. The highest BCUT2D eigenvalue weighted by atomic mass is 19.4. The van der Waals surface area contributed by atoms with Crippen molar-refractivity contribution in [1.29, 1.82) is 0 Å². The van der Waals surface area contributed by atoms with Crippen molar-refractivity contribution in [3.05, 3.63) is 58.8 Å². The fourth-order valence-electron chi connectivity index (χ4n) is 5.19. The van der Waals surface area contributed by atoms with E-state index in [1.807, 2.05) is 21.9 Å². The van der Waals surface area contributed by atoms with E-state index in [1.165, 1.54) is 22.1 Å². The number of nitrogens with zero attached hydrogens (tertiary/aromatic N) is 4. The minimum absolute atomic E-state index is 0.166. The third kappa shape index (κ3) is 4.47. The number of halogens is 3. The van der Waals surface area contributed by atoms with E-state index in [1.54, 1.807) is 6.92 Å². The Morgan fingerprint density at radius 2 is 1.80 bits per heavy atom. The second-order valence-corrected chi connectivity index (χ2v) is 9.63. The number of hydrogen-bond donors (Lipinski definition) is 1. The van der Waals surface area contributed by atoms with Crippen LogP contribution in [-0.2, 0) is 29.4 Å². The van der Waals surface area contributed by atoms with E-state index in [0.717, 1.165) is 43.5 Å². The number of rotatable bonds is 4. The molecule has 0 bridgehead atoms. The van der Waals surface area contributed by atoms with E-state index in [-0.39, 0.29) is 12.6 Å². The molecule has 186 valence electrons. The van der Waals surface area contributed by atoms with E-state index in [4.69, 9.17) is 0 Å². The maximum absolute atomic E-state index is 13.4. The van der Waals surface area contributed by atoms with Gasteiger partial charge >= 0.3 is 12.2 Å². The Kier molecular flexibility index (Phi) is 5.94. The molecule has 35 heavy (non-hydrogen) atoms. The van der Waals surface area contributed by atoms with Crippen molar-refractivity contribution in [2.24, 2.45) is 0 Å². The van der Waals surface area contributed by atoms with Crippen molar-refractivity contribution in [1.82, 2.24) is 20.1 Å². The minimum atomic E-state index is -4.42. The normalized spacial score (nSPS) is 23.4. The zero-order chi connectivity index (χ0) is 24.8. The van der Waals surface area contributed by atoms with E-state index < -0.39 is 23.3 Å². The molecule has 5 rings (SSSR count). The van der Waals surface area contributed by atoms with Gasteiger partial charge in [-0.1, -0.05) is 18.2 Å². The molecular formula is C25H28F3N5O2. The average molecular weight is 488 g/mol. The summed E-state index contributed by atoms with van der Waals surface area (Å²) in [6.07, 6.45) is 0.309. The molecule has 1 unspecified atom stereocenters. The number of amides is 3. The fourth-order valence-corrected chi connectivity index (χ4v) is 5.19. The summed E-state index contributed by atoms with van der Waals surface area (Å²) in [7, 11) is 0. The van der Waals surface area contributed by atoms with Gasteiger partial charge in [-0.15, -0.1) is 0 Å². The molecule has 3 amide bonds. The molecule has 2 aromatic rings. The van der Waals surface area contributed by atoms with Crippen LogP contribution in [0.5, 0.6) is 0 Å². The van der Waals surface area contributed by atoms with Crippen LogP contribution in [0.2, 0.25) is 0 Å². The molecule has 2 aliphatic heterocycles. The van der Waals surface area contributed by atoms with Gasteiger partial charge in [0.25, 0.3) is 5.91 Å². The predicted octanol–water partition coefficient (Wildman–Crippen LogP) is 3.53. The Morgan fingerprint density at radius 1 is 1.00 bits per heavy atom. The van der Waals surface area contributed by atoms with Crippen molar-refractivity contribution < 1.29 is 22.8 Å². The number of carbonyl (C=O) groups is 2. The van der Waals surface area contributed by atoms with Crippen LogP contribution in [0.25, 0.3) is 0 Å². The van der Waals surface area contributed by atoms with Gasteiger partial charge in [0, 0.05) is 32.4 Å². The number of pyridine rings is 1. The molecule has 10 heteroatoms. The first kappa shape index (κ1) is 23.6. The largest absolute Gasteiger partial charge is 0.417 e. The van der Waals surface area contributed by atoms with Gasteiger partial charge in [0.1, 0.15) is 11.4 Å². The summed E-state index contributed by atoms with van der Waals surface area (Å²) >= 11 is 0. The fraction of sp³-hybridized carbons (Fsp3) is 0.480. The number of carbonyl (C=O) groups excluding carboxylic acids is 2. The number of urea groups is 1. The van der Waals surface area contributed by atoms with Crippen molar-refractivity contribution in [3.63, 3.8) is 0 Å². The number of aryl methyl sites for hydroxylation is 2. The second-order valence-electron chi connectivity index (χ2n) is 9.63. The molecule has 2 saturated heterocycles. The molecular weight excluding hydrogens is 459 g/mol. The monoisotopic (exact) mass is 487 g/mol. The maximum Gasteiger partial charge on any atom is 0.417 e. The number of aromatic nitrogens is 1. The molecule has 1 aromatic carbocycles. The summed E-state index contributed by atoms with van der Waals surface area (Å²) in [6, 6.07) is 8.06. The lowest BCUT2D eigenvalue weighted by atomic mass is 9.90. The van der Waals surface area contributed by atoms with Gasteiger partial charge in [-0.3, -0.25) is 9.69 Å². The lowest BCUT2D eigenvalue weighted by Crippen LogP contribution is -2.44. The predicted molar refractivity (Wildman–Crippen MR) is 124 cm³/mol. The minimum Gasteiger partial charge on any atom is -0.355 e. The Labute approximate surface area is 201 Å². The van der Waals surface area contributed by atoms with Crippen molar-refractivity contribution in [2.75, 3.05) is 37.7 Å². The van der Waals surface area contributed by atoms with Crippen LogP contribution in [0.15, 0.2) is 36.5 Å². The lowest BCUT2D eigenvalue weighted by molar-refractivity contribution is -0.137. The summed E-state index contributed by atoms with van der Waals surface area (Å²) in [5, 5.41) is 2.89. The van der Waals surface area contributed by atoms with E-state index in [9.17, 15) is 22.8 Å². The number of alkyl halides is 3. The van der Waals surface area contributed by atoms with Gasteiger partial charge < -0.3 is 10.2 Å². The molecule has 0 saturated carbocycles. The molecule has 1 atom stereocenters. The molecule has 0 radical (unpaired) electrons. The van der Waals surface area contributed by atoms with E-state index in [2.05, 4.69) is 16.4 Å². The van der Waals surface area contributed by atoms with Gasteiger partial charge in [-0.2, -0.15) is 13.2 Å². The molecule has 3 aliphatic rings. The number of nitrogens with one attached hydrogen (secondary N) is 1. The highest BCUT2D eigenvalue weighted by Gasteiger charge is 2.49. The van der Waals surface area contributed by atoms with E-state index in [0.29, 0.717) is 32.0 Å². The van der Waals surface area contributed by atoms with Crippen LogP contribution < -0.4 is 10.2 Å². The smallest absolute Gasteiger partial charge is 0.355 e. The highest BCUT2D eigenvalue weighted by molar-refractivity contribution is 6.07. The van der Waals surface area contributed by atoms with Gasteiger partial charge in [0.2, 0.25) is 0 Å². The zero-order valence-electron chi connectivity index (χ0n) is 19.6.